The van der Waals surface area contributed by atoms with E-state index in [0.717, 1.165) is 11.1 Å². The molecule has 1 aromatic rings. The molecule has 1 unspecified atom stereocenters. The first-order valence-electron chi connectivity index (χ1n) is 5.51. The molecule has 94 valence electrons. The van der Waals surface area contributed by atoms with Crippen molar-refractivity contribution >= 4 is 5.97 Å². The third-order valence-electron chi connectivity index (χ3n) is 3.05. The molecule has 0 aromatic heterocycles. The van der Waals surface area contributed by atoms with Gasteiger partial charge in [0.25, 0.3) is 0 Å². The van der Waals surface area contributed by atoms with Crippen molar-refractivity contribution in [1.29, 1.82) is 0 Å². The summed E-state index contributed by atoms with van der Waals surface area (Å²) in [7, 11) is 1.65. The molecule has 0 aliphatic heterocycles. The lowest BCUT2D eigenvalue weighted by atomic mass is 9.93. The lowest BCUT2D eigenvalue weighted by molar-refractivity contribution is -0.138. The van der Waals surface area contributed by atoms with Crippen molar-refractivity contribution in [3.63, 3.8) is 0 Å². The van der Waals surface area contributed by atoms with E-state index in [1.807, 2.05) is 26.0 Å². The number of carboxylic acid groups (broad SMARTS) is 1. The summed E-state index contributed by atoms with van der Waals surface area (Å²) in [6.45, 7) is 4.02. The highest BCUT2D eigenvalue weighted by atomic mass is 16.5. The number of aliphatic carboxylic acids is 1. The van der Waals surface area contributed by atoms with Gasteiger partial charge in [0, 0.05) is 13.7 Å². The molecule has 0 bridgehead atoms. The van der Waals surface area contributed by atoms with E-state index in [1.165, 1.54) is 0 Å². The maximum absolute atomic E-state index is 11.0. The molecule has 4 heteroatoms. The first kappa shape index (κ1) is 13.7. The van der Waals surface area contributed by atoms with Crippen molar-refractivity contribution in [1.82, 2.24) is 0 Å². The van der Waals surface area contributed by atoms with Gasteiger partial charge in [-0.05, 0) is 25.0 Å². The minimum atomic E-state index is -0.897. The van der Waals surface area contributed by atoms with Gasteiger partial charge < -0.3 is 15.6 Å². The maximum Gasteiger partial charge on any atom is 0.312 e. The van der Waals surface area contributed by atoms with Crippen LogP contribution in [0, 0.1) is 0 Å². The van der Waals surface area contributed by atoms with Crippen LogP contribution in [-0.2, 0) is 15.1 Å². The minimum Gasteiger partial charge on any atom is -0.481 e. The van der Waals surface area contributed by atoms with Crippen molar-refractivity contribution in [2.75, 3.05) is 13.7 Å². The molecule has 1 rings (SSSR count). The van der Waals surface area contributed by atoms with Crippen LogP contribution in [0.1, 0.15) is 30.9 Å². The third-order valence-corrected chi connectivity index (χ3v) is 3.05. The number of nitrogens with two attached hydrogens (primary N) is 1. The van der Waals surface area contributed by atoms with E-state index < -0.39 is 11.9 Å². The molecule has 17 heavy (non-hydrogen) atoms. The number of carbonyl (C=O) groups is 1. The Morgan fingerprint density at radius 3 is 2.29 bits per heavy atom. The van der Waals surface area contributed by atoms with Crippen LogP contribution >= 0.6 is 0 Å². The molecule has 0 heterocycles. The van der Waals surface area contributed by atoms with Crippen LogP contribution in [0.3, 0.4) is 0 Å². The monoisotopic (exact) mass is 237 g/mol. The quantitative estimate of drug-likeness (QED) is 0.817. The molecule has 0 aliphatic rings. The molecule has 0 fully saturated rings. The van der Waals surface area contributed by atoms with Gasteiger partial charge >= 0.3 is 5.97 Å². The van der Waals surface area contributed by atoms with Gasteiger partial charge in [-0.3, -0.25) is 4.79 Å². The van der Waals surface area contributed by atoms with Gasteiger partial charge in [0.1, 0.15) is 0 Å². The van der Waals surface area contributed by atoms with E-state index in [-0.39, 0.29) is 12.1 Å². The average Bonchev–Trinajstić information content (AvgIpc) is 2.30. The normalized spacial score (nSPS) is 13.4. The summed E-state index contributed by atoms with van der Waals surface area (Å²) < 4.78 is 5.36. The SMILES string of the molecule is COC(C)(C)c1ccc(C(CN)C(=O)O)cc1. The lowest BCUT2D eigenvalue weighted by Crippen LogP contribution is -2.22. The Hall–Kier alpha value is -1.39. The van der Waals surface area contributed by atoms with Crippen molar-refractivity contribution < 1.29 is 14.6 Å². The fourth-order valence-corrected chi connectivity index (χ4v) is 1.61. The van der Waals surface area contributed by atoms with E-state index in [4.69, 9.17) is 15.6 Å². The first-order chi connectivity index (χ1) is 7.92. The Kier molecular flexibility index (Phi) is 4.26. The van der Waals surface area contributed by atoms with Gasteiger partial charge in [-0.25, -0.2) is 0 Å². The molecule has 0 spiro atoms. The Morgan fingerprint density at radius 1 is 1.41 bits per heavy atom. The predicted octanol–water partition coefficient (Wildman–Crippen LogP) is 1.70. The number of ether oxygens (including phenoxy) is 1. The highest BCUT2D eigenvalue weighted by Gasteiger charge is 2.21. The second kappa shape index (κ2) is 5.29. The topological polar surface area (TPSA) is 72.5 Å². The van der Waals surface area contributed by atoms with Gasteiger partial charge in [0.2, 0.25) is 0 Å². The second-order valence-electron chi connectivity index (χ2n) is 4.46. The zero-order valence-corrected chi connectivity index (χ0v) is 10.4. The van der Waals surface area contributed by atoms with Crippen LogP contribution < -0.4 is 5.73 Å². The zero-order chi connectivity index (χ0) is 13.1. The Morgan fingerprint density at radius 2 is 1.94 bits per heavy atom. The smallest absolute Gasteiger partial charge is 0.312 e. The van der Waals surface area contributed by atoms with Crippen molar-refractivity contribution in [3.05, 3.63) is 35.4 Å². The summed E-state index contributed by atoms with van der Waals surface area (Å²) in [5.74, 6) is -1.54. The molecule has 1 atom stereocenters. The van der Waals surface area contributed by atoms with Gasteiger partial charge in [0.15, 0.2) is 0 Å². The fraction of sp³-hybridized carbons (Fsp3) is 0.462. The van der Waals surface area contributed by atoms with Crippen molar-refractivity contribution in [3.8, 4) is 0 Å². The molecule has 1 aromatic carbocycles. The van der Waals surface area contributed by atoms with E-state index in [2.05, 4.69) is 0 Å². The Labute approximate surface area is 101 Å². The lowest BCUT2D eigenvalue weighted by Gasteiger charge is -2.24. The maximum atomic E-state index is 11.0. The summed E-state index contributed by atoms with van der Waals surface area (Å²) >= 11 is 0. The molecule has 0 amide bonds. The predicted molar refractivity (Wildman–Crippen MR) is 65.9 cm³/mol. The minimum absolute atomic E-state index is 0.0996. The van der Waals surface area contributed by atoms with Crippen LogP contribution in [0.15, 0.2) is 24.3 Å². The Balaban J connectivity index is 2.99. The van der Waals surface area contributed by atoms with Crippen LogP contribution in [0.25, 0.3) is 0 Å². The van der Waals surface area contributed by atoms with E-state index in [1.54, 1.807) is 19.2 Å². The summed E-state index contributed by atoms with van der Waals surface area (Å²) in [6, 6.07) is 7.35. The standard InChI is InChI=1S/C13H19NO3/c1-13(2,17-3)10-6-4-9(5-7-10)11(8-14)12(15)16/h4-7,11H,8,14H2,1-3H3,(H,15,16). The largest absolute Gasteiger partial charge is 0.481 e. The highest BCUT2D eigenvalue weighted by molar-refractivity contribution is 5.76. The van der Waals surface area contributed by atoms with Crippen LogP contribution in [0.2, 0.25) is 0 Å². The van der Waals surface area contributed by atoms with Crippen molar-refractivity contribution in [2.45, 2.75) is 25.4 Å². The molecule has 0 saturated carbocycles. The number of hydrogen-bond acceptors (Lipinski definition) is 3. The van der Waals surface area contributed by atoms with E-state index in [9.17, 15) is 4.79 Å². The molecule has 0 saturated heterocycles. The summed E-state index contributed by atoms with van der Waals surface area (Å²) in [6.07, 6.45) is 0. The fourth-order valence-electron chi connectivity index (χ4n) is 1.61. The molecular weight excluding hydrogens is 218 g/mol. The number of hydrogen-bond donors (Lipinski definition) is 2. The molecule has 0 radical (unpaired) electrons. The van der Waals surface area contributed by atoms with Crippen molar-refractivity contribution in [2.24, 2.45) is 5.73 Å². The van der Waals surface area contributed by atoms with Gasteiger partial charge in [0.05, 0.1) is 11.5 Å². The molecule has 3 N–H and O–H groups in total. The molecular formula is C13H19NO3. The Bertz CT molecular complexity index is 384. The third kappa shape index (κ3) is 3.05. The zero-order valence-electron chi connectivity index (χ0n) is 10.4. The average molecular weight is 237 g/mol. The number of carboxylic acids is 1. The second-order valence-corrected chi connectivity index (χ2v) is 4.46. The number of benzene rings is 1. The highest BCUT2D eigenvalue weighted by Crippen LogP contribution is 2.25. The molecule has 0 aliphatic carbocycles. The van der Waals surface area contributed by atoms with Crippen LogP contribution in [0.5, 0.6) is 0 Å². The van der Waals surface area contributed by atoms with E-state index in [0.29, 0.717) is 0 Å². The summed E-state index contributed by atoms with van der Waals surface area (Å²) in [5.41, 5.74) is 6.80. The van der Waals surface area contributed by atoms with Gasteiger partial charge in [-0.15, -0.1) is 0 Å². The van der Waals surface area contributed by atoms with E-state index >= 15 is 0 Å². The van der Waals surface area contributed by atoms with Gasteiger partial charge in [-0.1, -0.05) is 24.3 Å². The number of rotatable bonds is 5. The first-order valence-corrected chi connectivity index (χ1v) is 5.51. The van der Waals surface area contributed by atoms with Crippen LogP contribution in [-0.4, -0.2) is 24.7 Å². The summed E-state index contributed by atoms with van der Waals surface area (Å²) in [4.78, 5) is 11.0. The molecule has 4 nitrogen and oxygen atoms in total. The van der Waals surface area contributed by atoms with Crippen LogP contribution in [0.4, 0.5) is 0 Å². The number of methoxy groups -OCH3 is 1. The summed E-state index contributed by atoms with van der Waals surface area (Å²) in [5, 5.41) is 9.00. The van der Waals surface area contributed by atoms with Gasteiger partial charge in [-0.2, -0.15) is 0 Å².